The molecule has 4 nitrogen and oxygen atoms in total. The molecule has 1 N–H and O–H groups in total. The lowest BCUT2D eigenvalue weighted by atomic mass is 10.5. The molecule has 0 amide bonds. The van der Waals surface area contributed by atoms with Crippen LogP contribution in [0.2, 0.25) is 0 Å². The highest BCUT2D eigenvalue weighted by Crippen LogP contribution is 2.24. The van der Waals surface area contributed by atoms with Crippen LogP contribution in [-0.2, 0) is 16.6 Å². The molecular formula is C10H15NO3S3. The van der Waals surface area contributed by atoms with Crippen molar-refractivity contribution >= 4 is 33.1 Å². The minimum Gasteiger partial charge on any atom is -0.391 e. The van der Waals surface area contributed by atoms with Crippen molar-refractivity contribution in [3.05, 3.63) is 16.3 Å². The van der Waals surface area contributed by atoms with Crippen molar-refractivity contribution in [3.63, 3.8) is 0 Å². The third-order valence-corrected chi connectivity index (χ3v) is 6.60. The number of hydrogen-bond acceptors (Lipinski definition) is 5. The van der Waals surface area contributed by atoms with Gasteiger partial charge in [-0.15, -0.1) is 11.3 Å². The molecule has 0 radical (unpaired) electrons. The maximum atomic E-state index is 12.3. The van der Waals surface area contributed by atoms with E-state index in [9.17, 15) is 8.42 Å². The van der Waals surface area contributed by atoms with E-state index < -0.39 is 10.0 Å². The molecule has 0 aliphatic carbocycles. The zero-order valence-electron chi connectivity index (χ0n) is 9.33. The SMILES string of the molecule is O=S(=O)(c1csc(CO)c1)N1CCCSCC1. The number of thioether (sulfide) groups is 1. The largest absolute Gasteiger partial charge is 0.391 e. The molecule has 96 valence electrons. The molecule has 1 aromatic rings. The molecule has 1 aliphatic rings. The second-order valence-corrected chi connectivity index (χ2v) is 7.94. The van der Waals surface area contributed by atoms with Crippen LogP contribution in [0, 0.1) is 0 Å². The van der Waals surface area contributed by atoms with E-state index in [2.05, 4.69) is 0 Å². The lowest BCUT2D eigenvalue weighted by molar-refractivity contribution is 0.285. The summed E-state index contributed by atoms with van der Waals surface area (Å²) in [6.07, 6.45) is 0.904. The molecule has 2 rings (SSSR count). The Hall–Kier alpha value is -0.0800. The molecule has 1 saturated heterocycles. The number of sulfonamides is 1. The van der Waals surface area contributed by atoms with Crippen molar-refractivity contribution in [2.45, 2.75) is 17.9 Å². The standard InChI is InChI=1S/C10H15NO3S3/c12-7-9-6-10(8-16-9)17(13,14)11-2-1-4-15-5-3-11/h6,8,12H,1-5,7H2. The number of nitrogens with zero attached hydrogens (tertiary/aromatic N) is 1. The van der Waals surface area contributed by atoms with Gasteiger partial charge in [0.2, 0.25) is 10.0 Å². The third kappa shape index (κ3) is 3.03. The Morgan fingerprint density at radius 1 is 1.35 bits per heavy atom. The van der Waals surface area contributed by atoms with E-state index in [0.29, 0.717) is 22.9 Å². The van der Waals surface area contributed by atoms with Crippen LogP contribution in [-0.4, -0.2) is 42.4 Å². The van der Waals surface area contributed by atoms with Crippen molar-refractivity contribution in [1.82, 2.24) is 4.31 Å². The minimum atomic E-state index is -3.36. The molecule has 0 unspecified atom stereocenters. The summed E-state index contributed by atoms with van der Waals surface area (Å²) in [5.74, 6) is 1.88. The van der Waals surface area contributed by atoms with Gasteiger partial charge in [-0.25, -0.2) is 8.42 Å². The van der Waals surface area contributed by atoms with Crippen molar-refractivity contribution in [2.75, 3.05) is 24.6 Å². The van der Waals surface area contributed by atoms with Crippen molar-refractivity contribution < 1.29 is 13.5 Å². The van der Waals surface area contributed by atoms with Gasteiger partial charge in [0.25, 0.3) is 0 Å². The summed E-state index contributed by atoms with van der Waals surface area (Å²) in [6.45, 7) is 1.08. The molecule has 1 aromatic heterocycles. The van der Waals surface area contributed by atoms with Gasteiger partial charge >= 0.3 is 0 Å². The topological polar surface area (TPSA) is 57.6 Å². The van der Waals surface area contributed by atoms with Crippen molar-refractivity contribution in [3.8, 4) is 0 Å². The Labute approximate surface area is 110 Å². The second-order valence-electron chi connectivity index (χ2n) is 3.78. The van der Waals surface area contributed by atoms with E-state index >= 15 is 0 Å². The molecule has 7 heteroatoms. The van der Waals surface area contributed by atoms with Gasteiger partial charge in [-0.3, -0.25) is 0 Å². The highest BCUT2D eigenvalue weighted by molar-refractivity contribution is 7.99. The smallest absolute Gasteiger partial charge is 0.243 e. The second kappa shape index (κ2) is 5.71. The van der Waals surface area contributed by atoms with E-state index in [0.717, 1.165) is 17.9 Å². The molecule has 0 spiro atoms. The molecule has 2 heterocycles. The predicted octanol–water partition coefficient (Wildman–Crippen LogP) is 1.37. The summed E-state index contributed by atoms with van der Waals surface area (Å²) in [5, 5.41) is 10.6. The molecule has 17 heavy (non-hydrogen) atoms. The summed E-state index contributed by atoms with van der Waals surface area (Å²) in [7, 11) is -3.36. The Balaban J connectivity index is 2.22. The van der Waals surface area contributed by atoms with Gasteiger partial charge in [-0.05, 0) is 18.2 Å². The average molecular weight is 293 g/mol. The van der Waals surface area contributed by atoms with Gasteiger partial charge in [-0.2, -0.15) is 16.1 Å². The number of aliphatic hydroxyl groups excluding tert-OH is 1. The highest BCUT2D eigenvalue weighted by atomic mass is 32.2. The van der Waals surface area contributed by atoms with Crippen LogP contribution in [0.4, 0.5) is 0 Å². The Kier molecular flexibility index (Phi) is 4.48. The first-order valence-electron chi connectivity index (χ1n) is 5.41. The molecule has 0 aromatic carbocycles. The van der Waals surface area contributed by atoms with Gasteiger partial charge in [0.15, 0.2) is 0 Å². The Morgan fingerprint density at radius 3 is 2.88 bits per heavy atom. The van der Waals surface area contributed by atoms with Gasteiger partial charge < -0.3 is 5.11 Å². The monoisotopic (exact) mass is 293 g/mol. The molecule has 1 fully saturated rings. The molecule has 0 saturated carbocycles. The first-order chi connectivity index (χ1) is 8.14. The normalized spacial score (nSPS) is 19.1. The highest BCUT2D eigenvalue weighted by Gasteiger charge is 2.26. The fourth-order valence-corrected chi connectivity index (χ4v) is 5.29. The fourth-order valence-electron chi connectivity index (χ4n) is 1.69. The summed E-state index contributed by atoms with van der Waals surface area (Å²) in [5.41, 5.74) is 0. The van der Waals surface area contributed by atoms with Crippen LogP contribution in [0.3, 0.4) is 0 Å². The zero-order valence-corrected chi connectivity index (χ0v) is 11.8. The van der Waals surface area contributed by atoms with Crippen LogP contribution >= 0.6 is 23.1 Å². The first-order valence-corrected chi connectivity index (χ1v) is 8.88. The minimum absolute atomic E-state index is 0.101. The summed E-state index contributed by atoms with van der Waals surface area (Å²) < 4.78 is 26.2. The summed E-state index contributed by atoms with van der Waals surface area (Å²) in [4.78, 5) is 1.01. The predicted molar refractivity (Wildman–Crippen MR) is 70.9 cm³/mol. The lowest BCUT2D eigenvalue weighted by Gasteiger charge is -2.18. The third-order valence-electron chi connectivity index (χ3n) is 2.60. The van der Waals surface area contributed by atoms with Crippen LogP contribution in [0.25, 0.3) is 0 Å². The number of hydrogen-bond donors (Lipinski definition) is 1. The van der Waals surface area contributed by atoms with Crippen LogP contribution in [0.15, 0.2) is 16.3 Å². The van der Waals surface area contributed by atoms with E-state index in [1.54, 1.807) is 27.5 Å². The van der Waals surface area contributed by atoms with Crippen molar-refractivity contribution in [1.29, 1.82) is 0 Å². The number of rotatable bonds is 3. The first kappa shape index (κ1) is 13.4. The molecule has 0 bridgehead atoms. The summed E-state index contributed by atoms with van der Waals surface area (Å²) in [6, 6.07) is 1.57. The van der Waals surface area contributed by atoms with E-state index in [1.165, 1.54) is 11.3 Å². The maximum Gasteiger partial charge on any atom is 0.243 e. The number of aliphatic hydroxyl groups is 1. The number of thiophene rings is 1. The Bertz CT molecular complexity index is 461. The fraction of sp³-hybridized carbons (Fsp3) is 0.600. The molecule has 1 aliphatic heterocycles. The van der Waals surface area contributed by atoms with Gasteiger partial charge in [0.05, 0.1) is 11.5 Å². The Morgan fingerprint density at radius 2 is 2.18 bits per heavy atom. The van der Waals surface area contributed by atoms with Gasteiger partial charge in [0.1, 0.15) is 0 Å². The van der Waals surface area contributed by atoms with E-state index in [4.69, 9.17) is 5.11 Å². The van der Waals surface area contributed by atoms with Crippen LogP contribution in [0.1, 0.15) is 11.3 Å². The van der Waals surface area contributed by atoms with Crippen LogP contribution in [0.5, 0.6) is 0 Å². The zero-order chi connectivity index (χ0) is 12.3. The quantitative estimate of drug-likeness (QED) is 0.914. The van der Waals surface area contributed by atoms with E-state index in [1.807, 2.05) is 0 Å². The lowest BCUT2D eigenvalue weighted by Crippen LogP contribution is -2.32. The maximum absolute atomic E-state index is 12.3. The molecular weight excluding hydrogens is 278 g/mol. The van der Waals surface area contributed by atoms with Crippen molar-refractivity contribution in [2.24, 2.45) is 0 Å². The summed E-state index contributed by atoms with van der Waals surface area (Å²) >= 11 is 3.08. The van der Waals surface area contributed by atoms with Gasteiger partial charge in [0, 0.05) is 29.1 Å². The van der Waals surface area contributed by atoms with E-state index in [-0.39, 0.29) is 6.61 Å². The molecule has 0 atom stereocenters. The van der Waals surface area contributed by atoms with Gasteiger partial charge in [-0.1, -0.05) is 0 Å². The van der Waals surface area contributed by atoms with Crippen LogP contribution < -0.4 is 0 Å². The average Bonchev–Trinajstić information content (AvgIpc) is 2.64.